The van der Waals surface area contributed by atoms with Crippen LogP contribution in [0.25, 0.3) is 0 Å². The number of carbonyl (C=O) groups excluding carboxylic acids is 1. The van der Waals surface area contributed by atoms with Gasteiger partial charge >= 0.3 is 0 Å². The molecule has 1 aromatic carbocycles. The van der Waals surface area contributed by atoms with Crippen molar-refractivity contribution in [2.75, 3.05) is 26.0 Å². The highest BCUT2D eigenvalue weighted by atomic mass is 32.2. The number of nitrogens with zero attached hydrogens (tertiary/aromatic N) is 1. The molecule has 1 N–H and O–H groups in total. The van der Waals surface area contributed by atoms with Crippen molar-refractivity contribution >= 4 is 15.9 Å². The van der Waals surface area contributed by atoms with Gasteiger partial charge in [-0.15, -0.1) is 0 Å². The number of carbonyl (C=O) groups is 1. The van der Waals surface area contributed by atoms with Crippen molar-refractivity contribution in [3.8, 4) is 5.75 Å². The summed E-state index contributed by atoms with van der Waals surface area (Å²) in [7, 11) is -1.64. The summed E-state index contributed by atoms with van der Waals surface area (Å²) in [6.45, 7) is 3.22. The van der Waals surface area contributed by atoms with E-state index in [-0.39, 0.29) is 17.6 Å². The number of ether oxygens (including phenoxy) is 1. The Morgan fingerprint density at radius 1 is 1.32 bits per heavy atom. The van der Waals surface area contributed by atoms with Crippen LogP contribution < -0.4 is 10.1 Å². The fourth-order valence-electron chi connectivity index (χ4n) is 2.94. The van der Waals surface area contributed by atoms with E-state index in [0.717, 1.165) is 30.6 Å². The highest BCUT2D eigenvalue weighted by Gasteiger charge is 2.31. The van der Waals surface area contributed by atoms with Crippen molar-refractivity contribution in [2.45, 2.75) is 39.2 Å². The zero-order chi connectivity index (χ0) is 18.3. The molecule has 25 heavy (non-hydrogen) atoms. The van der Waals surface area contributed by atoms with E-state index in [1.54, 1.807) is 7.11 Å². The van der Waals surface area contributed by atoms with Gasteiger partial charge in [-0.2, -0.15) is 0 Å². The van der Waals surface area contributed by atoms with E-state index in [4.69, 9.17) is 4.74 Å². The van der Waals surface area contributed by atoms with E-state index in [1.807, 2.05) is 31.2 Å². The smallest absolute Gasteiger partial charge is 0.224 e. The SMILES string of the molecule is CCCCS(=O)(=O)N1CCC[C@H](C(=O)NCc2ccc(OC)cc2)C1. The summed E-state index contributed by atoms with van der Waals surface area (Å²) in [6.07, 6.45) is 2.96. The quantitative estimate of drug-likeness (QED) is 0.763. The molecule has 0 spiro atoms. The van der Waals surface area contributed by atoms with Crippen molar-refractivity contribution in [2.24, 2.45) is 5.92 Å². The van der Waals surface area contributed by atoms with Crippen molar-refractivity contribution in [3.63, 3.8) is 0 Å². The molecule has 6 nitrogen and oxygen atoms in total. The molecule has 1 fully saturated rings. The number of rotatable bonds is 8. The first-order valence-electron chi connectivity index (χ1n) is 8.84. The summed E-state index contributed by atoms with van der Waals surface area (Å²) in [6, 6.07) is 7.51. The summed E-state index contributed by atoms with van der Waals surface area (Å²) in [5.41, 5.74) is 0.984. The van der Waals surface area contributed by atoms with Gasteiger partial charge in [0.05, 0.1) is 18.8 Å². The molecule has 140 valence electrons. The molecule has 0 aliphatic carbocycles. The van der Waals surface area contributed by atoms with Crippen LogP contribution in [0.4, 0.5) is 0 Å². The number of unbranched alkanes of at least 4 members (excludes halogenated alkanes) is 1. The lowest BCUT2D eigenvalue weighted by Gasteiger charge is -2.31. The van der Waals surface area contributed by atoms with E-state index in [2.05, 4.69) is 5.32 Å². The van der Waals surface area contributed by atoms with Gasteiger partial charge in [-0.3, -0.25) is 4.79 Å². The van der Waals surface area contributed by atoms with Gasteiger partial charge in [0.25, 0.3) is 0 Å². The predicted octanol–water partition coefficient (Wildman–Crippen LogP) is 2.15. The molecule has 1 heterocycles. The van der Waals surface area contributed by atoms with E-state index < -0.39 is 10.0 Å². The highest BCUT2D eigenvalue weighted by Crippen LogP contribution is 2.20. The van der Waals surface area contributed by atoms with Crippen molar-refractivity contribution in [1.82, 2.24) is 9.62 Å². The second kappa shape index (κ2) is 9.20. The van der Waals surface area contributed by atoms with Gasteiger partial charge in [0.2, 0.25) is 15.9 Å². The fourth-order valence-corrected chi connectivity index (χ4v) is 4.67. The minimum absolute atomic E-state index is 0.0776. The minimum atomic E-state index is -3.25. The van der Waals surface area contributed by atoms with E-state index in [0.29, 0.717) is 26.1 Å². The molecular weight excluding hydrogens is 340 g/mol. The second-order valence-corrected chi connectivity index (χ2v) is 8.52. The number of methoxy groups -OCH3 is 1. The Bertz CT molecular complexity index is 658. The van der Waals surface area contributed by atoms with Crippen LogP contribution in [0.15, 0.2) is 24.3 Å². The molecule has 1 saturated heterocycles. The van der Waals surface area contributed by atoms with Gasteiger partial charge in [0, 0.05) is 19.6 Å². The molecule has 1 atom stereocenters. The van der Waals surface area contributed by atoms with Gasteiger partial charge in [0.15, 0.2) is 0 Å². The molecule has 1 aliphatic heterocycles. The van der Waals surface area contributed by atoms with Crippen LogP contribution in [-0.4, -0.2) is 44.6 Å². The Kier molecular flexibility index (Phi) is 7.25. The lowest BCUT2D eigenvalue weighted by Crippen LogP contribution is -2.45. The molecule has 0 saturated carbocycles. The molecule has 1 amide bonds. The molecule has 2 rings (SSSR count). The Hall–Kier alpha value is -1.60. The van der Waals surface area contributed by atoms with Crippen LogP contribution in [0.5, 0.6) is 5.75 Å². The third-order valence-electron chi connectivity index (χ3n) is 4.53. The highest BCUT2D eigenvalue weighted by molar-refractivity contribution is 7.89. The molecule has 0 aromatic heterocycles. The summed E-state index contributed by atoms with van der Waals surface area (Å²) in [5, 5.41) is 2.92. The Balaban J connectivity index is 1.88. The van der Waals surface area contributed by atoms with Crippen LogP contribution in [-0.2, 0) is 21.4 Å². The topological polar surface area (TPSA) is 75.7 Å². The van der Waals surface area contributed by atoms with Crippen LogP contribution in [0, 0.1) is 5.92 Å². The van der Waals surface area contributed by atoms with E-state index in [9.17, 15) is 13.2 Å². The number of hydrogen-bond donors (Lipinski definition) is 1. The second-order valence-electron chi connectivity index (χ2n) is 6.43. The van der Waals surface area contributed by atoms with Crippen molar-refractivity contribution in [1.29, 1.82) is 0 Å². The maximum absolute atomic E-state index is 12.4. The van der Waals surface area contributed by atoms with Gasteiger partial charge < -0.3 is 10.1 Å². The third-order valence-corrected chi connectivity index (χ3v) is 6.45. The molecule has 1 aromatic rings. The van der Waals surface area contributed by atoms with Gasteiger partial charge in [0.1, 0.15) is 5.75 Å². The summed E-state index contributed by atoms with van der Waals surface area (Å²) in [4.78, 5) is 12.4. The lowest BCUT2D eigenvalue weighted by atomic mass is 9.99. The molecular formula is C18H28N2O4S. The lowest BCUT2D eigenvalue weighted by molar-refractivity contribution is -0.126. The number of nitrogens with one attached hydrogen (secondary N) is 1. The predicted molar refractivity (Wildman–Crippen MR) is 97.8 cm³/mol. The average Bonchev–Trinajstić information content (AvgIpc) is 2.65. The number of hydrogen-bond acceptors (Lipinski definition) is 4. The van der Waals surface area contributed by atoms with Crippen LogP contribution in [0.1, 0.15) is 38.2 Å². The monoisotopic (exact) mass is 368 g/mol. The standard InChI is InChI=1S/C18H28N2O4S/c1-3-4-12-25(22,23)20-11-5-6-16(14-20)18(21)19-13-15-7-9-17(24-2)10-8-15/h7-10,16H,3-6,11-14H2,1-2H3,(H,19,21)/t16-/m0/s1. The van der Waals surface area contributed by atoms with Gasteiger partial charge in [-0.1, -0.05) is 25.5 Å². The van der Waals surface area contributed by atoms with E-state index >= 15 is 0 Å². The maximum Gasteiger partial charge on any atom is 0.224 e. The number of benzene rings is 1. The van der Waals surface area contributed by atoms with Crippen LogP contribution >= 0.6 is 0 Å². The average molecular weight is 368 g/mol. The van der Waals surface area contributed by atoms with Gasteiger partial charge in [-0.25, -0.2) is 12.7 Å². The van der Waals surface area contributed by atoms with E-state index in [1.165, 1.54) is 4.31 Å². The number of amides is 1. The third kappa shape index (κ3) is 5.71. The zero-order valence-electron chi connectivity index (χ0n) is 15.0. The summed E-state index contributed by atoms with van der Waals surface area (Å²) in [5.74, 6) is 0.592. The minimum Gasteiger partial charge on any atom is -0.497 e. The first kappa shape index (κ1) is 19.7. The largest absolute Gasteiger partial charge is 0.497 e. The first-order valence-corrected chi connectivity index (χ1v) is 10.5. The number of sulfonamides is 1. The fraction of sp³-hybridized carbons (Fsp3) is 0.611. The molecule has 0 bridgehead atoms. The first-order chi connectivity index (χ1) is 12.0. The molecule has 0 unspecified atom stereocenters. The zero-order valence-corrected chi connectivity index (χ0v) is 15.8. The maximum atomic E-state index is 12.4. The van der Waals surface area contributed by atoms with Crippen LogP contribution in [0.3, 0.4) is 0 Å². The summed E-state index contributed by atoms with van der Waals surface area (Å²) < 4.78 is 31.3. The van der Waals surface area contributed by atoms with Crippen LogP contribution in [0.2, 0.25) is 0 Å². The van der Waals surface area contributed by atoms with Crippen molar-refractivity contribution in [3.05, 3.63) is 29.8 Å². The summed E-state index contributed by atoms with van der Waals surface area (Å²) >= 11 is 0. The molecule has 0 radical (unpaired) electrons. The Morgan fingerprint density at radius 3 is 2.68 bits per heavy atom. The van der Waals surface area contributed by atoms with Crippen molar-refractivity contribution < 1.29 is 17.9 Å². The number of piperidine rings is 1. The molecule has 7 heteroatoms. The molecule has 1 aliphatic rings. The normalized spacial score (nSPS) is 18.7. The Morgan fingerprint density at radius 2 is 2.04 bits per heavy atom. The Labute approximate surface area is 150 Å². The van der Waals surface area contributed by atoms with Gasteiger partial charge in [-0.05, 0) is 37.0 Å².